The lowest BCUT2D eigenvalue weighted by atomic mass is 9.60. The number of nitrogens with zero attached hydrogens (tertiary/aromatic N) is 2. The lowest BCUT2D eigenvalue weighted by Crippen LogP contribution is -2.82. The van der Waals surface area contributed by atoms with E-state index >= 15 is 0 Å². The first kappa shape index (κ1) is 20.8. The van der Waals surface area contributed by atoms with E-state index in [-0.39, 0.29) is 17.7 Å². The fraction of sp³-hybridized carbons (Fsp3) is 0.407. The van der Waals surface area contributed by atoms with Crippen molar-refractivity contribution in [2.75, 3.05) is 13.7 Å². The Morgan fingerprint density at radius 3 is 2.44 bits per heavy atom. The van der Waals surface area contributed by atoms with E-state index < -0.39 is 11.1 Å². The summed E-state index contributed by atoms with van der Waals surface area (Å²) in [5, 5.41) is 0. The monoisotopic (exact) mass is 430 g/mol. The van der Waals surface area contributed by atoms with Crippen molar-refractivity contribution in [1.29, 1.82) is 0 Å². The molecule has 2 aromatic carbocycles. The average Bonchev–Trinajstić information content (AvgIpc) is 3.24. The number of methoxy groups -OCH3 is 1. The molecule has 0 unspecified atom stereocenters. The molecule has 32 heavy (non-hydrogen) atoms. The van der Waals surface area contributed by atoms with Crippen molar-refractivity contribution in [1.82, 2.24) is 9.80 Å². The van der Waals surface area contributed by atoms with Gasteiger partial charge in [0, 0.05) is 25.4 Å². The third-order valence-electron chi connectivity index (χ3n) is 7.76. The molecule has 5 nitrogen and oxygen atoms in total. The molecule has 0 radical (unpaired) electrons. The second-order valence-electron chi connectivity index (χ2n) is 9.52. The third kappa shape index (κ3) is 2.83. The van der Waals surface area contributed by atoms with Crippen LogP contribution >= 0.6 is 0 Å². The molecule has 6 rings (SSSR count). The molecule has 4 heterocycles. The first-order valence-corrected chi connectivity index (χ1v) is 11.4. The average molecular weight is 431 g/mol. The summed E-state index contributed by atoms with van der Waals surface area (Å²) in [4.78, 5) is 32.1. The van der Waals surface area contributed by atoms with Crippen molar-refractivity contribution >= 4 is 11.8 Å². The molecular formula is C27H30N2O3. The minimum absolute atomic E-state index is 0.0690. The second kappa shape index (κ2) is 7.51. The van der Waals surface area contributed by atoms with E-state index in [1.54, 1.807) is 7.11 Å². The molecule has 3 atom stereocenters. The van der Waals surface area contributed by atoms with Crippen molar-refractivity contribution in [2.45, 2.75) is 50.2 Å². The van der Waals surface area contributed by atoms with E-state index in [4.69, 9.17) is 4.74 Å². The zero-order chi connectivity index (χ0) is 22.5. The van der Waals surface area contributed by atoms with Crippen molar-refractivity contribution < 1.29 is 14.3 Å². The number of rotatable bonds is 6. The molecule has 0 aliphatic carbocycles. The van der Waals surface area contributed by atoms with Gasteiger partial charge in [0.1, 0.15) is 16.8 Å². The number of amides is 2. The van der Waals surface area contributed by atoms with Crippen molar-refractivity contribution in [3.63, 3.8) is 0 Å². The number of fused-ring (bicyclic) bond motifs is 2. The summed E-state index contributed by atoms with van der Waals surface area (Å²) >= 11 is 0. The van der Waals surface area contributed by atoms with Crippen LogP contribution in [0.3, 0.4) is 0 Å². The normalized spacial score (nSPS) is 28.8. The van der Waals surface area contributed by atoms with Crippen LogP contribution in [-0.2, 0) is 22.6 Å². The standard InChI is InChI=1S/C27H30N2O3/c1-19(2)23-17-26-14-7-15-28(26)25(31)27(23,16-20-8-5-4-6-9-20)29(24(26)30)18-21-10-12-22(32-3)13-11-21/h4-6,8-13,23H,1,7,14-18H2,2-3H3/t23-,26-,27-/m1/s1. The van der Waals surface area contributed by atoms with Crippen molar-refractivity contribution in [3.05, 3.63) is 77.9 Å². The minimum atomic E-state index is -0.948. The molecule has 2 amide bonds. The Balaban J connectivity index is 1.65. The molecule has 4 aliphatic heterocycles. The van der Waals surface area contributed by atoms with Gasteiger partial charge in [0.15, 0.2) is 0 Å². The number of piperidine rings is 2. The molecule has 5 heteroatoms. The smallest absolute Gasteiger partial charge is 0.250 e. The highest BCUT2D eigenvalue weighted by Gasteiger charge is 2.72. The van der Waals surface area contributed by atoms with Gasteiger partial charge < -0.3 is 14.5 Å². The number of carbonyl (C=O) groups excluding carboxylic acids is 2. The van der Waals surface area contributed by atoms with Gasteiger partial charge in [-0.15, -0.1) is 0 Å². The van der Waals surface area contributed by atoms with Gasteiger partial charge in [0.05, 0.1) is 7.11 Å². The van der Waals surface area contributed by atoms with Crippen LogP contribution < -0.4 is 4.74 Å². The summed E-state index contributed by atoms with van der Waals surface area (Å²) < 4.78 is 5.30. The lowest BCUT2D eigenvalue weighted by molar-refractivity contribution is -0.196. The van der Waals surface area contributed by atoms with E-state index in [1.165, 1.54) is 0 Å². The van der Waals surface area contributed by atoms with Crippen molar-refractivity contribution in [3.8, 4) is 5.75 Å². The predicted molar refractivity (Wildman–Crippen MR) is 123 cm³/mol. The summed E-state index contributed by atoms with van der Waals surface area (Å²) in [6.45, 7) is 7.38. The van der Waals surface area contributed by atoms with Gasteiger partial charge in [-0.3, -0.25) is 9.59 Å². The molecule has 2 aromatic rings. The molecule has 4 aliphatic rings. The maximum absolute atomic E-state index is 14.2. The highest BCUT2D eigenvalue weighted by Crippen LogP contribution is 2.56. The van der Waals surface area contributed by atoms with E-state index in [2.05, 4.69) is 6.58 Å². The summed E-state index contributed by atoms with van der Waals surface area (Å²) in [6, 6.07) is 17.8. The fourth-order valence-corrected chi connectivity index (χ4v) is 6.23. The predicted octanol–water partition coefficient (Wildman–Crippen LogP) is 3.98. The molecule has 0 N–H and O–H groups in total. The number of ether oxygens (including phenoxy) is 1. The van der Waals surface area contributed by atoms with Crippen molar-refractivity contribution in [2.24, 2.45) is 5.92 Å². The lowest BCUT2D eigenvalue weighted by Gasteiger charge is -2.64. The van der Waals surface area contributed by atoms with Crippen LogP contribution in [0.4, 0.5) is 0 Å². The summed E-state index contributed by atoms with van der Waals surface area (Å²) in [6.07, 6.45) is 2.79. The first-order chi connectivity index (χ1) is 15.4. The van der Waals surface area contributed by atoms with E-state index in [1.807, 2.05) is 71.3 Å². The van der Waals surface area contributed by atoms with Gasteiger partial charge in [0.25, 0.3) is 0 Å². The maximum Gasteiger partial charge on any atom is 0.250 e. The van der Waals surface area contributed by atoms with Gasteiger partial charge in [0.2, 0.25) is 11.8 Å². The Morgan fingerprint density at radius 1 is 1.06 bits per heavy atom. The number of carbonyl (C=O) groups is 2. The van der Waals surface area contributed by atoms with Crippen LogP contribution in [0.15, 0.2) is 66.7 Å². The number of benzene rings is 2. The van der Waals surface area contributed by atoms with Crippen LogP contribution in [-0.4, -0.2) is 46.3 Å². The van der Waals surface area contributed by atoms with E-state index in [9.17, 15) is 9.59 Å². The van der Waals surface area contributed by atoms with Crippen LogP contribution in [0, 0.1) is 5.92 Å². The summed E-state index contributed by atoms with van der Waals surface area (Å²) in [5.74, 6) is 0.890. The zero-order valence-corrected chi connectivity index (χ0v) is 18.8. The van der Waals surface area contributed by atoms with Gasteiger partial charge in [-0.1, -0.05) is 54.6 Å². The highest BCUT2D eigenvalue weighted by molar-refractivity contribution is 6.05. The van der Waals surface area contributed by atoms with Gasteiger partial charge in [-0.25, -0.2) is 0 Å². The molecule has 4 saturated heterocycles. The van der Waals surface area contributed by atoms with Gasteiger partial charge in [-0.2, -0.15) is 0 Å². The van der Waals surface area contributed by atoms with Crippen LogP contribution in [0.5, 0.6) is 5.75 Å². The third-order valence-corrected chi connectivity index (χ3v) is 7.76. The topological polar surface area (TPSA) is 49.9 Å². The summed E-state index contributed by atoms with van der Waals surface area (Å²) in [7, 11) is 1.64. The van der Waals surface area contributed by atoms with Crippen LogP contribution in [0.2, 0.25) is 0 Å². The number of hydrogen-bond acceptors (Lipinski definition) is 3. The zero-order valence-electron chi connectivity index (χ0n) is 18.8. The van der Waals surface area contributed by atoms with Crippen LogP contribution in [0.25, 0.3) is 0 Å². The number of piperazine rings is 1. The first-order valence-electron chi connectivity index (χ1n) is 11.4. The molecular weight excluding hydrogens is 400 g/mol. The quantitative estimate of drug-likeness (QED) is 0.652. The Labute approximate surface area is 189 Å². The maximum atomic E-state index is 14.2. The molecule has 0 saturated carbocycles. The SMILES string of the molecule is C=C(C)[C@H]1C[C@@]23CCCN2C(=O)[C@]1(Cc1ccccc1)N(Cc1ccc(OC)cc1)C3=O. The Kier molecular flexibility index (Phi) is 4.88. The second-order valence-corrected chi connectivity index (χ2v) is 9.52. The number of hydrogen-bond donors (Lipinski definition) is 0. The van der Waals surface area contributed by atoms with Gasteiger partial charge in [-0.05, 0) is 49.4 Å². The van der Waals surface area contributed by atoms with Crippen LogP contribution in [0.1, 0.15) is 37.3 Å². The van der Waals surface area contributed by atoms with E-state index in [0.717, 1.165) is 35.3 Å². The summed E-state index contributed by atoms with van der Waals surface area (Å²) in [5.41, 5.74) is 1.37. The Morgan fingerprint density at radius 2 is 1.78 bits per heavy atom. The van der Waals surface area contributed by atoms with E-state index in [0.29, 0.717) is 25.9 Å². The highest BCUT2D eigenvalue weighted by atomic mass is 16.5. The minimum Gasteiger partial charge on any atom is -0.497 e. The molecule has 0 aromatic heterocycles. The Bertz CT molecular complexity index is 1060. The molecule has 2 bridgehead atoms. The molecule has 4 fully saturated rings. The Hall–Kier alpha value is -3.08. The molecule has 166 valence electrons. The largest absolute Gasteiger partial charge is 0.497 e. The van der Waals surface area contributed by atoms with Gasteiger partial charge >= 0.3 is 0 Å². The fourth-order valence-electron chi connectivity index (χ4n) is 6.23. The molecule has 1 spiro atoms.